The fourth-order valence-corrected chi connectivity index (χ4v) is 2.75. The molecular weight excluding hydrogens is 248 g/mol. The summed E-state index contributed by atoms with van der Waals surface area (Å²) in [6.07, 6.45) is 3.06. The van der Waals surface area contributed by atoms with Crippen LogP contribution in [-0.4, -0.2) is 23.3 Å². The molecule has 0 spiro atoms. The molecule has 1 aliphatic rings. The summed E-state index contributed by atoms with van der Waals surface area (Å²) in [7, 11) is 0. The summed E-state index contributed by atoms with van der Waals surface area (Å²) in [5, 5.41) is 9.74. The number of thioether (sulfide) groups is 1. The molecule has 94 valence electrons. The van der Waals surface area contributed by atoms with Gasteiger partial charge in [0.05, 0.1) is 17.9 Å². The van der Waals surface area contributed by atoms with E-state index >= 15 is 0 Å². The molecule has 0 unspecified atom stereocenters. The quantitative estimate of drug-likeness (QED) is 0.614. The Bertz CT molecular complexity index is 508. The predicted molar refractivity (Wildman–Crippen MR) is 68.3 cm³/mol. The van der Waals surface area contributed by atoms with Gasteiger partial charge in [-0.1, -0.05) is 11.8 Å². The van der Waals surface area contributed by atoms with E-state index in [4.69, 9.17) is 10.00 Å². The SMILES string of the molecule is CCOC(=O)CSc1nc2c(cc1C#N)CCC2. The van der Waals surface area contributed by atoms with Gasteiger partial charge in [-0.05, 0) is 37.8 Å². The molecule has 0 amide bonds. The van der Waals surface area contributed by atoms with Gasteiger partial charge in [-0.2, -0.15) is 5.26 Å². The number of rotatable bonds is 4. The van der Waals surface area contributed by atoms with E-state index in [1.165, 1.54) is 17.3 Å². The molecule has 0 saturated heterocycles. The Morgan fingerprint density at radius 2 is 2.44 bits per heavy atom. The number of aromatic nitrogens is 1. The second-order valence-electron chi connectivity index (χ2n) is 4.01. The lowest BCUT2D eigenvalue weighted by Gasteiger charge is -2.06. The van der Waals surface area contributed by atoms with Crippen LogP contribution >= 0.6 is 11.8 Å². The molecule has 0 bridgehead atoms. The lowest BCUT2D eigenvalue weighted by atomic mass is 10.2. The van der Waals surface area contributed by atoms with Crippen LogP contribution in [0.3, 0.4) is 0 Å². The lowest BCUT2D eigenvalue weighted by molar-refractivity contribution is -0.139. The van der Waals surface area contributed by atoms with E-state index in [9.17, 15) is 4.79 Å². The Hall–Kier alpha value is -1.54. The number of nitrogens with zero attached hydrogens (tertiary/aromatic N) is 2. The van der Waals surface area contributed by atoms with E-state index in [2.05, 4.69) is 11.1 Å². The molecule has 1 heterocycles. The number of carbonyl (C=O) groups is 1. The molecule has 4 nitrogen and oxygen atoms in total. The van der Waals surface area contributed by atoms with Crippen LogP contribution in [0, 0.1) is 11.3 Å². The second kappa shape index (κ2) is 5.87. The molecule has 0 N–H and O–H groups in total. The van der Waals surface area contributed by atoms with E-state index in [1.807, 2.05) is 6.07 Å². The number of hydrogen-bond acceptors (Lipinski definition) is 5. The van der Waals surface area contributed by atoms with Crippen LogP contribution in [0.15, 0.2) is 11.1 Å². The first kappa shape index (κ1) is 12.9. The Morgan fingerprint density at radius 3 is 3.17 bits per heavy atom. The molecule has 0 saturated carbocycles. The van der Waals surface area contributed by atoms with Crippen LogP contribution in [0.2, 0.25) is 0 Å². The third-order valence-electron chi connectivity index (χ3n) is 2.77. The van der Waals surface area contributed by atoms with Crippen molar-refractivity contribution in [3.63, 3.8) is 0 Å². The van der Waals surface area contributed by atoms with Crippen LogP contribution in [-0.2, 0) is 22.4 Å². The molecule has 5 heteroatoms. The van der Waals surface area contributed by atoms with Gasteiger partial charge in [0.2, 0.25) is 0 Å². The molecule has 0 aliphatic heterocycles. The average Bonchev–Trinajstić information content (AvgIpc) is 2.82. The highest BCUT2D eigenvalue weighted by Crippen LogP contribution is 2.27. The highest BCUT2D eigenvalue weighted by molar-refractivity contribution is 7.99. The first-order chi connectivity index (χ1) is 8.74. The number of nitriles is 1. The van der Waals surface area contributed by atoms with Crippen molar-refractivity contribution in [1.29, 1.82) is 5.26 Å². The fourth-order valence-electron chi connectivity index (χ4n) is 1.97. The highest BCUT2D eigenvalue weighted by Gasteiger charge is 2.17. The van der Waals surface area contributed by atoms with Gasteiger partial charge >= 0.3 is 5.97 Å². The van der Waals surface area contributed by atoms with Crippen molar-refractivity contribution < 1.29 is 9.53 Å². The second-order valence-corrected chi connectivity index (χ2v) is 4.97. The fraction of sp³-hybridized carbons (Fsp3) is 0.462. The number of aryl methyl sites for hydroxylation is 2. The maximum Gasteiger partial charge on any atom is 0.316 e. The number of hydrogen-bond donors (Lipinski definition) is 0. The monoisotopic (exact) mass is 262 g/mol. The minimum atomic E-state index is -0.270. The van der Waals surface area contributed by atoms with E-state index in [-0.39, 0.29) is 11.7 Å². The first-order valence-electron chi connectivity index (χ1n) is 5.96. The van der Waals surface area contributed by atoms with Crippen molar-refractivity contribution in [3.8, 4) is 6.07 Å². The lowest BCUT2D eigenvalue weighted by Crippen LogP contribution is -2.07. The van der Waals surface area contributed by atoms with Crippen LogP contribution in [0.1, 0.15) is 30.2 Å². The Kier molecular flexibility index (Phi) is 4.21. The van der Waals surface area contributed by atoms with E-state index < -0.39 is 0 Å². The molecule has 0 atom stereocenters. The van der Waals surface area contributed by atoms with E-state index in [0.29, 0.717) is 17.2 Å². The van der Waals surface area contributed by atoms with Crippen molar-refractivity contribution in [2.45, 2.75) is 31.2 Å². The summed E-state index contributed by atoms with van der Waals surface area (Å²) in [6, 6.07) is 4.05. The molecule has 0 aromatic carbocycles. The predicted octanol–water partition coefficient (Wildman–Crippen LogP) is 2.10. The van der Waals surface area contributed by atoms with Gasteiger partial charge in [0.15, 0.2) is 0 Å². The first-order valence-corrected chi connectivity index (χ1v) is 6.94. The third kappa shape index (κ3) is 2.82. The number of fused-ring (bicyclic) bond motifs is 1. The van der Waals surface area contributed by atoms with Crippen molar-refractivity contribution in [1.82, 2.24) is 4.98 Å². The highest BCUT2D eigenvalue weighted by atomic mass is 32.2. The standard InChI is InChI=1S/C13H14N2O2S/c1-2-17-12(16)8-18-13-10(7-14)6-9-4-3-5-11(9)15-13/h6H,2-5,8H2,1H3. The summed E-state index contributed by atoms with van der Waals surface area (Å²) in [6.45, 7) is 2.15. The summed E-state index contributed by atoms with van der Waals surface area (Å²) < 4.78 is 4.86. The molecule has 1 aromatic rings. The number of carbonyl (C=O) groups excluding carboxylic acids is 1. The van der Waals surface area contributed by atoms with Gasteiger partial charge in [-0.3, -0.25) is 4.79 Å². The number of esters is 1. The van der Waals surface area contributed by atoms with Gasteiger partial charge in [0, 0.05) is 5.69 Å². The van der Waals surface area contributed by atoms with Crippen molar-refractivity contribution in [2.75, 3.05) is 12.4 Å². The van der Waals surface area contributed by atoms with Gasteiger partial charge in [-0.25, -0.2) is 4.98 Å². The van der Waals surface area contributed by atoms with Crippen molar-refractivity contribution >= 4 is 17.7 Å². The zero-order valence-electron chi connectivity index (χ0n) is 10.2. The van der Waals surface area contributed by atoms with Crippen LogP contribution in [0.4, 0.5) is 0 Å². The normalized spacial score (nSPS) is 12.9. The number of ether oxygens (including phenoxy) is 1. The minimum absolute atomic E-state index is 0.203. The van der Waals surface area contributed by atoms with Gasteiger partial charge in [0.25, 0.3) is 0 Å². The van der Waals surface area contributed by atoms with Gasteiger partial charge in [0.1, 0.15) is 11.1 Å². The molecular formula is C13H14N2O2S. The number of pyridine rings is 1. The van der Waals surface area contributed by atoms with Gasteiger partial charge in [-0.15, -0.1) is 0 Å². The van der Waals surface area contributed by atoms with E-state index in [1.54, 1.807) is 6.92 Å². The summed E-state index contributed by atoms with van der Waals surface area (Å²) >= 11 is 1.28. The zero-order valence-corrected chi connectivity index (χ0v) is 11.0. The summed E-state index contributed by atoms with van der Waals surface area (Å²) in [4.78, 5) is 15.8. The van der Waals surface area contributed by atoms with Crippen LogP contribution < -0.4 is 0 Å². The summed E-state index contributed by atoms with van der Waals surface area (Å²) in [5.74, 6) is -0.0670. The molecule has 18 heavy (non-hydrogen) atoms. The van der Waals surface area contributed by atoms with E-state index in [0.717, 1.165) is 25.0 Å². The topological polar surface area (TPSA) is 63.0 Å². The summed E-state index contributed by atoms with van der Waals surface area (Å²) in [5.41, 5.74) is 2.80. The zero-order chi connectivity index (χ0) is 13.0. The van der Waals surface area contributed by atoms with Gasteiger partial charge < -0.3 is 4.74 Å². The van der Waals surface area contributed by atoms with Crippen molar-refractivity contribution in [2.24, 2.45) is 0 Å². The third-order valence-corrected chi connectivity index (χ3v) is 3.73. The maximum atomic E-state index is 11.3. The molecule has 1 aliphatic carbocycles. The molecule has 2 rings (SSSR count). The molecule has 0 radical (unpaired) electrons. The largest absolute Gasteiger partial charge is 0.465 e. The average molecular weight is 262 g/mol. The molecule has 0 fully saturated rings. The van der Waals surface area contributed by atoms with Crippen molar-refractivity contribution in [3.05, 3.63) is 22.9 Å². The Morgan fingerprint density at radius 1 is 1.61 bits per heavy atom. The maximum absolute atomic E-state index is 11.3. The van der Waals surface area contributed by atoms with Crippen LogP contribution in [0.25, 0.3) is 0 Å². The Labute approximate surface area is 110 Å². The minimum Gasteiger partial charge on any atom is -0.465 e. The smallest absolute Gasteiger partial charge is 0.316 e. The van der Waals surface area contributed by atoms with Crippen LogP contribution in [0.5, 0.6) is 0 Å². The molecule has 1 aromatic heterocycles. The Balaban J connectivity index is 2.12.